The lowest BCUT2D eigenvalue weighted by Crippen LogP contribution is -2.00. The molecule has 0 radical (unpaired) electrons. The van der Waals surface area contributed by atoms with Crippen LogP contribution in [0.4, 0.5) is 0 Å². The van der Waals surface area contributed by atoms with E-state index in [0.717, 1.165) is 5.52 Å². The number of aromatic amines is 1. The predicted octanol–water partition coefficient (Wildman–Crippen LogP) is 0.635. The minimum Gasteiger partial charge on any atom is -0.422 e. The molecule has 0 aliphatic rings. The fourth-order valence-electron chi connectivity index (χ4n) is 0.812. The van der Waals surface area contributed by atoms with Crippen molar-refractivity contribution in [3.05, 3.63) is 24.1 Å². The zero-order valence-corrected chi connectivity index (χ0v) is 5.09. The first-order valence-corrected chi connectivity index (χ1v) is 2.84. The molecule has 10 heavy (non-hydrogen) atoms. The van der Waals surface area contributed by atoms with Crippen LogP contribution >= 0.6 is 0 Å². The van der Waals surface area contributed by atoms with Crippen LogP contribution in [-0.2, 0) is 0 Å². The lowest BCUT2D eigenvalue weighted by molar-refractivity contribution is 0.502. The van der Waals surface area contributed by atoms with Crippen LogP contribution in [0.2, 0.25) is 0 Å². The Hall–Kier alpha value is -1.58. The molecule has 0 unspecified atom stereocenters. The SMILES string of the molecule is N=c1ncc2[nH]ccc2o1. The van der Waals surface area contributed by atoms with Crippen molar-refractivity contribution in [2.24, 2.45) is 0 Å². The molecule has 2 rings (SSSR count). The van der Waals surface area contributed by atoms with Gasteiger partial charge < -0.3 is 9.40 Å². The molecule has 50 valence electrons. The molecule has 0 fully saturated rings. The van der Waals surface area contributed by atoms with E-state index in [1.807, 2.05) is 0 Å². The number of fused-ring (bicyclic) bond motifs is 1. The number of nitrogens with one attached hydrogen (secondary N) is 2. The zero-order valence-electron chi connectivity index (χ0n) is 5.09. The van der Waals surface area contributed by atoms with Gasteiger partial charge in [-0.25, -0.2) is 10.4 Å². The summed E-state index contributed by atoms with van der Waals surface area (Å²) in [6, 6.07) is 1.76. The van der Waals surface area contributed by atoms with Crippen LogP contribution in [0, 0.1) is 5.41 Å². The second-order valence-electron chi connectivity index (χ2n) is 1.92. The van der Waals surface area contributed by atoms with Crippen molar-refractivity contribution in [1.29, 1.82) is 5.41 Å². The fraction of sp³-hybridized carbons (Fsp3) is 0. The van der Waals surface area contributed by atoms with Crippen LogP contribution in [0.1, 0.15) is 0 Å². The lowest BCUT2D eigenvalue weighted by Gasteiger charge is -1.84. The molecule has 4 heteroatoms. The monoisotopic (exact) mass is 135 g/mol. The van der Waals surface area contributed by atoms with Gasteiger partial charge in [-0.05, 0) is 6.07 Å². The summed E-state index contributed by atoms with van der Waals surface area (Å²) in [5, 5.41) is 7.02. The summed E-state index contributed by atoms with van der Waals surface area (Å²) in [6.07, 6.45) is 3.32. The van der Waals surface area contributed by atoms with E-state index in [9.17, 15) is 0 Å². The third kappa shape index (κ3) is 0.621. The van der Waals surface area contributed by atoms with Crippen molar-refractivity contribution in [2.75, 3.05) is 0 Å². The van der Waals surface area contributed by atoms with Gasteiger partial charge >= 0.3 is 5.68 Å². The topological polar surface area (TPSA) is 65.7 Å². The molecule has 2 N–H and O–H groups in total. The highest BCUT2D eigenvalue weighted by atomic mass is 16.3. The predicted molar refractivity (Wildman–Crippen MR) is 34.2 cm³/mol. The highest BCUT2D eigenvalue weighted by Gasteiger charge is 1.93. The summed E-state index contributed by atoms with van der Waals surface area (Å²) in [7, 11) is 0. The summed E-state index contributed by atoms with van der Waals surface area (Å²) in [6.45, 7) is 0. The number of H-pyrrole nitrogens is 1. The number of aromatic nitrogens is 2. The van der Waals surface area contributed by atoms with Gasteiger partial charge in [0, 0.05) is 6.20 Å². The van der Waals surface area contributed by atoms with Gasteiger partial charge in [-0.2, -0.15) is 0 Å². The number of rotatable bonds is 0. The van der Waals surface area contributed by atoms with E-state index >= 15 is 0 Å². The van der Waals surface area contributed by atoms with E-state index in [0.29, 0.717) is 5.58 Å². The van der Waals surface area contributed by atoms with E-state index in [1.165, 1.54) is 0 Å². The first kappa shape index (κ1) is 5.22. The van der Waals surface area contributed by atoms with Crippen LogP contribution < -0.4 is 5.68 Å². The number of nitrogens with zero attached hydrogens (tertiary/aromatic N) is 1. The Bertz CT molecular complexity index is 400. The maximum absolute atomic E-state index is 7.02. The molecule has 0 atom stereocenters. The molecule has 2 aromatic rings. The molecule has 0 aliphatic heterocycles. The van der Waals surface area contributed by atoms with Crippen LogP contribution in [0.5, 0.6) is 0 Å². The summed E-state index contributed by atoms with van der Waals surface area (Å²) in [5.41, 5.74) is 1.42. The minimum atomic E-state index is -0.0629. The van der Waals surface area contributed by atoms with Crippen molar-refractivity contribution < 1.29 is 4.42 Å². The average Bonchev–Trinajstić information content (AvgIpc) is 2.33. The molecule has 0 spiro atoms. The van der Waals surface area contributed by atoms with Gasteiger partial charge in [0.05, 0.1) is 6.20 Å². The smallest absolute Gasteiger partial charge is 0.314 e. The maximum atomic E-state index is 7.02. The van der Waals surface area contributed by atoms with Crippen molar-refractivity contribution in [3.8, 4) is 0 Å². The maximum Gasteiger partial charge on any atom is 0.314 e. The van der Waals surface area contributed by atoms with Crippen LogP contribution in [0.15, 0.2) is 22.9 Å². The van der Waals surface area contributed by atoms with Gasteiger partial charge in [0.15, 0.2) is 5.58 Å². The quantitative estimate of drug-likeness (QED) is 0.556. The molecule has 0 aromatic carbocycles. The number of hydrogen-bond acceptors (Lipinski definition) is 3. The summed E-state index contributed by atoms with van der Waals surface area (Å²) in [4.78, 5) is 6.56. The normalized spacial score (nSPS) is 10.4. The molecule has 4 nitrogen and oxygen atoms in total. The third-order valence-electron chi connectivity index (χ3n) is 1.26. The van der Waals surface area contributed by atoms with Gasteiger partial charge in [-0.15, -0.1) is 0 Å². The highest BCUT2D eigenvalue weighted by molar-refractivity contribution is 5.70. The van der Waals surface area contributed by atoms with E-state index in [2.05, 4.69) is 9.97 Å². The minimum absolute atomic E-state index is 0.0629. The summed E-state index contributed by atoms with van der Waals surface area (Å²) >= 11 is 0. The first-order valence-electron chi connectivity index (χ1n) is 2.84. The van der Waals surface area contributed by atoms with Crippen LogP contribution in [0.3, 0.4) is 0 Å². The largest absolute Gasteiger partial charge is 0.422 e. The third-order valence-corrected chi connectivity index (χ3v) is 1.26. The first-order chi connectivity index (χ1) is 4.86. The Morgan fingerprint density at radius 1 is 1.60 bits per heavy atom. The van der Waals surface area contributed by atoms with Crippen molar-refractivity contribution >= 4 is 11.1 Å². The Kier molecular flexibility index (Phi) is 0.887. The zero-order chi connectivity index (χ0) is 6.97. The van der Waals surface area contributed by atoms with Crippen molar-refractivity contribution in [1.82, 2.24) is 9.97 Å². The number of hydrogen-bond donors (Lipinski definition) is 2. The summed E-state index contributed by atoms with van der Waals surface area (Å²) < 4.78 is 4.93. The molecule has 0 bridgehead atoms. The van der Waals surface area contributed by atoms with Gasteiger partial charge in [0.1, 0.15) is 5.52 Å². The fourth-order valence-corrected chi connectivity index (χ4v) is 0.812. The van der Waals surface area contributed by atoms with Gasteiger partial charge in [0.25, 0.3) is 0 Å². The van der Waals surface area contributed by atoms with Gasteiger partial charge in [-0.3, -0.25) is 0 Å². The Balaban J connectivity index is 2.99. The second-order valence-corrected chi connectivity index (χ2v) is 1.92. The van der Waals surface area contributed by atoms with E-state index in [4.69, 9.17) is 9.83 Å². The molecule has 2 aromatic heterocycles. The molecular formula is C6H5N3O. The van der Waals surface area contributed by atoms with Gasteiger partial charge in [0.2, 0.25) is 0 Å². The molecule has 0 aliphatic carbocycles. The Labute approximate surface area is 56.0 Å². The van der Waals surface area contributed by atoms with Crippen molar-refractivity contribution in [3.63, 3.8) is 0 Å². The summed E-state index contributed by atoms with van der Waals surface area (Å²) in [5.74, 6) is 0. The molecule has 0 saturated carbocycles. The van der Waals surface area contributed by atoms with Crippen molar-refractivity contribution in [2.45, 2.75) is 0 Å². The Morgan fingerprint density at radius 2 is 2.50 bits per heavy atom. The van der Waals surface area contributed by atoms with Crippen LogP contribution in [0.25, 0.3) is 11.1 Å². The standard InChI is InChI=1S/C6H5N3O/c7-6-9-3-4-5(10-6)1-2-8-4/h1-3,7-8H. The highest BCUT2D eigenvalue weighted by Crippen LogP contribution is 2.05. The molecule has 0 saturated heterocycles. The van der Waals surface area contributed by atoms with E-state index in [-0.39, 0.29) is 5.68 Å². The van der Waals surface area contributed by atoms with Crippen LogP contribution in [-0.4, -0.2) is 9.97 Å². The second kappa shape index (κ2) is 1.70. The van der Waals surface area contributed by atoms with E-state index in [1.54, 1.807) is 18.5 Å². The molecular weight excluding hydrogens is 130 g/mol. The van der Waals surface area contributed by atoms with E-state index < -0.39 is 0 Å². The average molecular weight is 135 g/mol. The lowest BCUT2D eigenvalue weighted by atomic mass is 10.5. The van der Waals surface area contributed by atoms with Gasteiger partial charge in [-0.1, -0.05) is 0 Å². The molecule has 2 heterocycles. The molecule has 0 amide bonds. The Morgan fingerprint density at radius 3 is 3.40 bits per heavy atom.